The van der Waals surface area contributed by atoms with Gasteiger partial charge in [-0.25, -0.2) is 4.79 Å². The number of amides is 1. The largest absolute Gasteiger partial charge is 0.478 e. The topological polar surface area (TPSA) is 77.8 Å². The van der Waals surface area contributed by atoms with Gasteiger partial charge in [0.2, 0.25) is 5.91 Å². The van der Waals surface area contributed by atoms with E-state index in [4.69, 9.17) is 5.11 Å². The number of aliphatic hydroxyl groups excluding tert-OH is 1. The molecule has 1 aliphatic heterocycles. The van der Waals surface area contributed by atoms with Crippen LogP contribution in [0.1, 0.15) is 52.7 Å². The lowest BCUT2D eigenvalue weighted by Gasteiger charge is -2.26. The van der Waals surface area contributed by atoms with Gasteiger partial charge in [-0.15, -0.1) is 0 Å². The fraction of sp³-hybridized carbons (Fsp3) is 0.417. The minimum Gasteiger partial charge on any atom is -0.478 e. The molecule has 3 rings (SSSR count). The Labute approximate surface area is 172 Å². The van der Waals surface area contributed by atoms with Crippen molar-refractivity contribution in [2.75, 3.05) is 6.54 Å². The minimum atomic E-state index is -0.935. The Hall–Kier alpha value is -2.66. The maximum Gasteiger partial charge on any atom is 0.335 e. The minimum absolute atomic E-state index is 0.172. The van der Waals surface area contributed by atoms with Gasteiger partial charge in [-0.2, -0.15) is 0 Å². The summed E-state index contributed by atoms with van der Waals surface area (Å²) in [6, 6.07) is 15.2. The van der Waals surface area contributed by atoms with Crippen molar-refractivity contribution in [2.24, 2.45) is 0 Å². The molecule has 0 aliphatic carbocycles. The number of aryl methyl sites for hydroxylation is 1. The number of rotatable bonds is 9. The second-order valence-electron chi connectivity index (χ2n) is 7.96. The smallest absolute Gasteiger partial charge is 0.335 e. The Morgan fingerprint density at radius 1 is 1.17 bits per heavy atom. The summed E-state index contributed by atoms with van der Waals surface area (Å²) in [5.41, 5.74) is 3.62. The first kappa shape index (κ1) is 21.1. The summed E-state index contributed by atoms with van der Waals surface area (Å²) in [6.45, 7) is 2.68. The summed E-state index contributed by atoms with van der Waals surface area (Å²) < 4.78 is 0. The number of benzene rings is 2. The molecular formula is C24H29NO4. The molecule has 5 nitrogen and oxygen atoms in total. The average Bonchev–Trinajstić information content (AvgIpc) is 3.04. The van der Waals surface area contributed by atoms with Crippen molar-refractivity contribution >= 4 is 11.9 Å². The Morgan fingerprint density at radius 3 is 2.62 bits per heavy atom. The van der Waals surface area contributed by atoms with Gasteiger partial charge in [0.05, 0.1) is 11.7 Å². The lowest BCUT2D eigenvalue weighted by Crippen LogP contribution is -2.35. The highest BCUT2D eigenvalue weighted by molar-refractivity contribution is 5.87. The third-order valence-electron chi connectivity index (χ3n) is 5.68. The highest BCUT2D eigenvalue weighted by atomic mass is 16.4. The second-order valence-corrected chi connectivity index (χ2v) is 7.96. The number of hydrogen-bond donors (Lipinski definition) is 2. The Balaban J connectivity index is 1.49. The summed E-state index contributed by atoms with van der Waals surface area (Å²) in [7, 11) is 0. The molecule has 29 heavy (non-hydrogen) atoms. The zero-order valence-electron chi connectivity index (χ0n) is 16.9. The average molecular weight is 395 g/mol. The van der Waals surface area contributed by atoms with Crippen LogP contribution in [0.5, 0.6) is 0 Å². The normalized spacial score (nSPS) is 17.5. The van der Waals surface area contributed by atoms with Crippen LogP contribution in [0, 0.1) is 6.92 Å². The molecule has 1 saturated heterocycles. The van der Waals surface area contributed by atoms with Crippen molar-refractivity contribution in [2.45, 2.75) is 57.6 Å². The van der Waals surface area contributed by atoms with Crippen molar-refractivity contribution in [1.29, 1.82) is 0 Å². The van der Waals surface area contributed by atoms with Crippen LogP contribution in [0.2, 0.25) is 0 Å². The van der Waals surface area contributed by atoms with Crippen LogP contribution in [0.15, 0.2) is 48.5 Å². The van der Waals surface area contributed by atoms with E-state index in [-0.39, 0.29) is 17.5 Å². The van der Waals surface area contributed by atoms with Crippen molar-refractivity contribution < 1.29 is 19.8 Å². The van der Waals surface area contributed by atoms with Crippen LogP contribution in [-0.2, 0) is 17.6 Å². The maximum atomic E-state index is 12.3. The molecule has 1 heterocycles. The summed E-state index contributed by atoms with van der Waals surface area (Å²) in [5.74, 6) is -0.763. The van der Waals surface area contributed by atoms with Gasteiger partial charge >= 0.3 is 5.97 Å². The number of hydrogen-bond acceptors (Lipinski definition) is 3. The van der Waals surface area contributed by atoms with Gasteiger partial charge in [0, 0.05) is 19.0 Å². The van der Waals surface area contributed by atoms with Crippen LogP contribution in [0.25, 0.3) is 0 Å². The van der Waals surface area contributed by atoms with E-state index in [0.29, 0.717) is 32.2 Å². The molecule has 0 spiro atoms. The molecule has 0 unspecified atom stereocenters. The molecule has 1 fully saturated rings. The predicted molar refractivity (Wildman–Crippen MR) is 112 cm³/mol. The number of carboxylic acid groups (broad SMARTS) is 1. The monoisotopic (exact) mass is 395 g/mol. The van der Waals surface area contributed by atoms with Crippen LogP contribution in [0.3, 0.4) is 0 Å². The number of aromatic carboxylic acids is 1. The van der Waals surface area contributed by atoms with Gasteiger partial charge in [0.15, 0.2) is 0 Å². The Morgan fingerprint density at radius 2 is 1.93 bits per heavy atom. The molecular weight excluding hydrogens is 366 g/mol. The number of aliphatic hydroxyl groups is 1. The molecule has 0 aromatic heterocycles. The molecule has 5 heteroatoms. The highest BCUT2D eigenvalue weighted by Crippen LogP contribution is 2.24. The summed E-state index contributed by atoms with van der Waals surface area (Å²) >= 11 is 0. The van der Waals surface area contributed by atoms with E-state index in [1.807, 2.05) is 42.2 Å². The number of carboxylic acids is 1. The van der Waals surface area contributed by atoms with Crippen molar-refractivity contribution in [1.82, 2.24) is 4.90 Å². The standard InChI is InChI=1S/C24H29NO4/c1-17-3-2-4-19(15-17)16-22(26)11-9-21-10-12-23(27)25(21)14-13-18-5-7-20(8-6-18)24(28)29/h2-8,15,21-22,26H,9-14,16H2,1H3,(H,28,29)/t21-,22+/m0/s1. The van der Waals surface area contributed by atoms with E-state index in [0.717, 1.165) is 24.0 Å². The van der Waals surface area contributed by atoms with Crippen LogP contribution < -0.4 is 0 Å². The first-order valence-electron chi connectivity index (χ1n) is 10.3. The van der Waals surface area contributed by atoms with Gasteiger partial charge in [-0.05, 0) is 62.3 Å². The first-order chi connectivity index (χ1) is 13.9. The lowest BCUT2D eigenvalue weighted by molar-refractivity contribution is -0.129. The second kappa shape index (κ2) is 9.70. The molecule has 2 N–H and O–H groups in total. The van der Waals surface area contributed by atoms with Crippen LogP contribution in [-0.4, -0.2) is 45.7 Å². The molecule has 2 aromatic rings. The van der Waals surface area contributed by atoms with Crippen molar-refractivity contribution in [3.63, 3.8) is 0 Å². The van der Waals surface area contributed by atoms with E-state index in [1.54, 1.807) is 12.1 Å². The molecule has 0 bridgehead atoms. The fourth-order valence-electron chi connectivity index (χ4n) is 4.06. The molecule has 2 atom stereocenters. The van der Waals surface area contributed by atoms with E-state index < -0.39 is 12.1 Å². The van der Waals surface area contributed by atoms with Crippen molar-refractivity contribution in [3.05, 3.63) is 70.8 Å². The van der Waals surface area contributed by atoms with Gasteiger partial charge in [-0.1, -0.05) is 42.0 Å². The fourth-order valence-corrected chi connectivity index (χ4v) is 4.06. The summed E-state index contributed by atoms with van der Waals surface area (Å²) in [5, 5.41) is 19.4. The molecule has 1 amide bonds. The first-order valence-corrected chi connectivity index (χ1v) is 10.3. The van der Waals surface area contributed by atoms with E-state index in [2.05, 4.69) is 6.07 Å². The van der Waals surface area contributed by atoms with Gasteiger partial charge in [0.1, 0.15) is 0 Å². The number of nitrogens with zero attached hydrogens (tertiary/aromatic N) is 1. The third-order valence-corrected chi connectivity index (χ3v) is 5.68. The SMILES string of the molecule is Cc1cccc(C[C@H](O)CC[C@H]2CCC(=O)N2CCc2ccc(C(=O)O)cc2)c1. The zero-order valence-corrected chi connectivity index (χ0v) is 16.9. The lowest BCUT2D eigenvalue weighted by atomic mass is 9.99. The Kier molecular flexibility index (Phi) is 7.04. The molecule has 0 radical (unpaired) electrons. The van der Waals surface area contributed by atoms with E-state index >= 15 is 0 Å². The Bertz CT molecular complexity index is 846. The molecule has 2 aromatic carbocycles. The van der Waals surface area contributed by atoms with Crippen molar-refractivity contribution in [3.8, 4) is 0 Å². The number of carbonyl (C=O) groups is 2. The maximum absolute atomic E-state index is 12.3. The van der Waals surface area contributed by atoms with Crippen LogP contribution >= 0.6 is 0 Å². The van der Waals surface area contributed by atoms with Gasteiger partial charge in [0.25, 0.3) is 0 Å². The zero-order chi connectivity index (χ0) is 20.8. The van der Waals surface area contributed by atoms with Gasteiger partial charge < -0.3 is 15.1 Å². The highest BCUT2D eigenvalue weighted by Gasteiger charge is 2.30. The van der Waals surface area contributed by atoms with Gasteiger partial charge in [-0.3, -0.25) is 4.79 Å². The van der Waals surface area contributed by atoms with E-state index in [9.17, 15) is 14.7 Å². The van der Waals surface area contributed by atoms with Crippen LogP contribution in [0.4, 0.5) is 0 Å². The number of likely N-dealkylation sites (tertiary alicyclic amines) is 1. The van der Waals surface area contributed by atoms with E-state index in [1.165, 1.54) is 5.56 Å². The molecule has 1 aliphatic rings. The third kappa shape index (κ3) is 5.91. The summed E-state index contributed by atoms with van der Waals surface area (Å²) in [4.78, 5) is 25.2. The quantitative estimate of drug-likeness (QED) is 0.680. The predicted octanol–water partition coefficient (Wildman–Crippen LogP) is 3.61. The molecule has 0 saturated carbocycles. The summed E-state index contributed by atoms with van der Waals surface area (Å²) in [6.07, 6.45) is 3.82. The number of carbonyl (C=O) groups excluding carboxylic acids is 1. The molecule has 154 valence electrons.